The fraction of sp³-hybridized carbons (Fsp3) is 0.100. The minimum absolute atomic E-state index is 0.242. The molecule has 0 aromatic carbocycles. The normalized spacial score (nSPS) is 10.9. The molecule has 0 bridgehead atoms. The number of pyridine rings is 1. The first kappa shape index (κ1) is 10.1. The van der Waals surface area contributed by atoms with Crippen LogP contribution in [0.4, 0.5) is 0 Å². The maximum Gasteiger partial charge on any atom is 0.271 e. The van der Waals surface area contributed by atoms with Crippen LogP contribution in [-0.4, -0.2) is 17.1 Å². The Morgan fingerprint density at radius 2 is 2.21 bits per heavy atom. The average Bonchev–Trinajstić information content (AvgIpc) is 2.25. The largest absolute Gasteiger partial charge is 0.271 e. The molecule has 0 atom stereocenters. The van der Waals surface area contributed by atoms with Gasteiger partial charge >= 0.3 is 0 Å². The third-order valence-electron chi connectivity index (χ3n) is 1.46. The Hall–Kier alpha value is -1.97. The second-order valence-corrected chi connectivity index (χ2v) is 2.48. The van der Waals surface area contributed by atoms with E-state index in [1.165, 1.54) is 6.21 Å². The van der Waals surface area contributed by atoms with Gasteiger partial charge in [-0.1, -0.05) is 6.08 Å². The molecule has 0 radical (unpaired) electrons. The quantitative estimate of drug-likeness (QED) is 0.576. The third kappa shape index (κ3) is 3.18. The highest BCUT2D eigenvalue weighted by Gasteiger charge is 2.00. The van der Waals surface area contributed by atoms with Crippen molar-refractivity contribution in [1.82, 2.24) is 10.4 Å². The number of nitrogens with one attached hydrogen (secondary N) is 1. The van der Waals surface area contributed by atoms with Crippen LogP contribution >= 0.6 is 0 Å². The van der Waals surface area contributed by atoms with Gasteiger partial charge in [0, 0.05) is 24.2 Å². The van der Waals surface area contributed by atoms with Crippen molar-refractivity contribution in [2.45, 2.75) is 6.92 Å². The summed E-state index contributed by atoms with van der Waals surface area (Å²) in [5, 5.41) is 3.71. The Morgan fingerprint density at radius 3 is 2.86 bits per heavy atom. The highest BCUT2D eigenvalue weighted by atomic mass is 16.2. The van der Waals surface area contributed by atoms with Crippen molar-refractivity contribution in [2.24, 2.45) is 5.10 Å². The SMILES string of the molecule is C/C=C/C=NNC(=O)c1ccncc1. The van der Waals surface area contributed by atoms with Crippen LogP contribution in [0.15, 0.2) is 41.8 Å². The molecule has 1 heterocycles. The van der Waals surface area contributed by atoms with Crippen molar-refractivity contribution in [1.29, 1.82) is 0 Å². The summed E-state index contributed by atoms with van der Waals surface area (Å²) in [5.74, 6) is -0.242. The van der Waals surface area contributed by atoms with Crippen LogP contribution in [0.2, 0.25) is 0 Å². The highest BCUT2D eigenvalue weighted by molar-refractivity contribution is 5.94. The Labute approximate surface area is 82.4 Å². The average molecular weight is 189 g/mol. The van der Waals surface area contributed by atoms with Crippen LogP contribution in [-0.2, 0) is 0 Å². The van der Waals surface area contributed by atoms with Crippen LogP contribution in [0.25, 0.3) is 0 Å². The number of carbonyl (C=O) groups is 1. The summed E-state index contributed by atoms with van der Waals surface area (Å²) >= 11 is 0. The van der Waals surface area contributed by atoms with Crippen molar-refractivity contribution in [3.8, 4) is 0 Å². The smallest absolute Gasteiger partial charge is 0.267 e. The molecule has 0 aliphatic rings. The van der Waals surface area contributed by atoms with Crippen molar-refractivity contribution >= 4 is 12.1 Å². The van der Waals surface area contributed by atoms with Gasteiger partial charge in [0.2, 0.25) is 0 Å². The summed E-state index contributed by atoms with van der Waals surface area (Å²) in [7, 11) is 0. The number of aromatic nitrogens is 1. The molecule has 1 aromatic heterocycles. The maximum absolute atomic E-state index is 11.3. The number of amides is 1. The third-order valence-corrected chi connectivity index (χ3v) is 1.46. The van der Waals surface area contributed by atoms with E-state index in [0.29, 0.717) is 5.56 Å². The van der Waals surface area contributed by atoms with E-state index in [1.54, 1.807) is 30.6 Å². The van der Waals surface area contributed by atoms with Crippen LogP contribution in [0.3, 0.4) is 0 Å². The summed E-state index contributed by atoms with van der Waals surface area (Å²) in [6.45, 7) is 1.87. The molecule has 4 nitrogen and oxygen atoms in total. The fourth-order valence-corrected chi connectivity index (χ4v) is 0.793. The van der Waals surface area contributed by atoms with Crippen LogP contribution < -0.4 is 5.43 Å². The molecule has 0 saturated heterocycles. The first-order valence-corrected chi connectivity index (χ1v) is 4.19. The zero-order valence-electron chi connectivity index (χ0n) is 7.84. The van der Waals surface area contributed by atoms with Crippen LogP contribution in [0.1, 0.15) is 17.3 Å². The first-order valence-electron chi connectivity index (χ1n) is 4.19. The lowest BCUT2D eigenvalue weighted by Crippen LogP contribution is -2.17. The zero-order valence-corrected chi connectivity index (χ0v) is 7.84. The molecular formula is C10H11N3O. The van der Waals surface area contributed by atoms with E-state index < -0.39 is 0 Å². The summed E-state index contributed by atoms with van der Waals surface area (Å²) in [5.41, 5.74) is 2.92. The molecule has 0 fully saturated rings. The van der Waals surface area contributed by atoms with E-state index in [4.69, 9.17) is 0 Å². The molecule has 72 valence electrons. The van der Waals surface area contributed by atoms with E-state index in [0.717, 1.165) is 0 Å². The molecule has 1 amide bonds. The molecule has 14 heavy (non-hydrogen) atoms. The summed E-state index contributed by atoms with van der Waals surface area (Å²) in [6, 6.07) is 3.25. The van der Waals surface area contributed by atoms with Gasteiger partial charge in [0.1, 0.15) is 0 Å². The lowest BCUT2D eigenvalue weighted by Gasteiger charge is -1.96. The molecule has 0 saturated carbocycles. The van der Waals surface area contributed by atoms with E-state index in [2.05, 4.69) is 15.5 Å². The standard InChI is InChI=1S/C10H11N3O/c1-2-3-6-12-13-10(14)9-4-7-11-8-5-9/h2-8H,1H3,(H,13,14)/b3-2+,12-6?. The van der Waals surface area contributed by atoms with Gasteiger partial charge < -0.3 is 0 Å². The molecule has 1 aromatic rings. The maximum atomic E-state index is 11.3. The molecule has 0 aliphatic carbocycles. The number of carbonyl (C=O) groups excluding carboxylic acids is 1. The molecular weight excluding hydrogens is 178 g/mol. The second-order valence-electron chi connectivity index (χ2n) is 2.48. The van der Waals surface area contributed by atoms with E-state index in [-0.39, 0.29) is 5.91 Å². The van der Waals surface area contributed by atoms with E-state index in [9.17, 15) is 4.79 Å². The van der Waals surface area contributed by atoms with Gasteiger partial charge in [-0.3, -0.25) is 9.78 Å². The molecule has 0 unspecified atom stereocenters. The van der Waals surface area contributed by atoms with Gasteiger partial charge in [0.25, 0.3) is 5.91 Å². The van der Waals surface area contributed by atoms with Crippen molar-refractivity contribution < 1.29 is 4.79 Å². The minimum Gasteiger partial charge on any atom is -0.267 e. The predicted molar refractivity (Wildman–Crippen MR) is 55.0 cm³/mol. The zero-order chi connectivity index (χ0) is 10.2. The van der Waals surface area contributed by atoms with Gasteiger partial charge in [-0.25, -0.2) is 5.43 Å². The molecule has 0 aliphatic heterocycles. The summed E-state index contributed by atoms with van der Waals surface area (Å²) in [6.07, 6.45) is 8.18. The Balaban J connectivity index is 2.52. The van der Waals surface area contributed by atoms with Gasteiger partial charge in [0.15, 0.2) is 0 Å². The fourth-order valence-electron chi connectivity index (χ4n) is 0.793. The molecule has 1 rings (SSSR count). The van der Waals surface area contributed by atoms with E-state index in [1.807, 2.05) is 13.0 Å². The van der Waals surface area contributed by atoms with Gasteiger partial charge in [0.05, 0.1) is 0 Å². The van der Waals surface area contributed by atoms with Gasteiger partial charge in [-0.2, -0.15) is 5.10 Å². The van der Waals surface area contributed by atoms with E-state index >= 15 is 0 Å². The second kappa shape index (κ2) is 5.64. The number of hydrazone groups is 1. The predicted octanol–water partition coefficient (Wildman–Crippen LogP) is 1.37. The van der Waals surface area contributed by atoms with Crippen molar-refractivity contribution in [3.63, 3.8) is 0 Å². The summed E-state index contributed by atoms with van der Waals surface area (Å²) in [4.78, 5) is 15.1. The van der Waals surface area contributed by atoms with Crippen LogP contribution in [0, 0.1) is 0 Å². The first-order chi connectivity index (χ1) is 6.84. The Morgan fingerprint density at radius 1 is 1.50 bits per heavy atom. The molecule has 1 N–H and O–H groups in total. The van der Waals surface area contributed by atoms with Crippen LogP contribution in [0.5, 0.6) is 0 Å². The lowest BCUT2D eigenvalue weighted by molar-refractivity contribution is 0.0955. The monoisotopic (exact) mass is 189 g/mol. The van der Waals surface area contributed by atoms with Gasteiger partial charge in [-0.15, -0.1) is 0 Å². The number of nitrogens with zero attached hydrogens (tertiary/aromatic N) is 2. The summed E-state index contributed by atoms with van der Waals surface area (Å²) < 4.78 is 0. The Bertz CT molecular complexity index is 344. The van der Waals surface area contributed by atoms with Crippen molar-refractivity contribution in [3.05, 3.63) is 42.2 Å². The molecule has 0 spiro atoms. The lowest BCUT2D eigenvalue weighted by atomic mass is 10.3. The Kier molecular flexibility index (Phi) is 4.07. The minimum atomic E-state index is -0.242. The van der Waals surface area contributed by atoms with Gasteiger partial charge in [-0.05, 0) is 25.1 Å². The number of rotatable bonds is 3. The number of allylic oxidation sites excluding steroid dienone is 2. The van der Waals surface area contributed by atoms with Crippen molar-refractivity contribution in [2.75, 3.05) is 0 Å². The number of hydrogen-bond donors (Lipinski definition) is 1. The topological polar surface area (TPSA) is 54.4 Å². The highest BCUT2D eigenvalue weighted by Crippen LogP contribution is 1.94. The molecule has 4 heteroatoms. The number of hydrogen-bond acceptors (Lipinski definition) is 3.